The zero-order chi connectivity index (χ0) is 23.4. The Hall–Kier alpha value is -3.08. The maximum absolute atomic E-state index is 12.6. The number of nitrogens with zero attached hydrogens (tertiary/aromatic N) is 3. The largest absolute Gasteiger partial charge is 0.374 e. The van der Waals surface area contributed by atoms with Gasteiger partial charge in [0, 0.05) is 30.8 Å². The first-order chi connectivity index (χ1) is 16.0. The molecule has 2 aliphatic rings. The number of hydrogen-bond donors (Lipinski definition) is 2. The normalized spacial score (nSPS) is 16.6. The Morgan fingerprint density at radius 1 is 1.09 bits per heavy atom. The van der Waals surface area contributed by atoms with Crippen LogP contribution in [0.2, 0.25) is 5.02 Å². The van der Waals surface area contributed by atoms with Crippen LogP contribution >= 0.6 is 11.6 Å². The molecule has 0 aliphatic carbocycles. The quantitative estimate of drug-likeness (QED) is 0.660. The van der Waals surface area contributed by atoms with Gasteiger partial charge in [0.1, 0.15) is 6.07 Å². The second kappa shape index (κ2) is 10.2. The maximum Gasteiger partial charge on any atom is 0.313 e. The van der Waals surface area contributed by atoms with Gasteiger partial charge in [0.2, 0.25) is 0 Å². The molecule has 2 heterocycles. The van der Waals surface area contributed by atoms with Crippen molar-refractivity contribution >= 4 is 34.8 Å². The molecule has 2 amide bonds. The lowest BCUT2D eigenvalue weighted by Gasteiger charge is -2.35. The Labute approximate surface area is 199 Å². The van der Waals surface area contributed by atoms with Crippen LogP contribution in [0.1, 0.15) is 42.0 Å². The smallest absolute Gasteiger partial charge is 0.313 e. The average molecular weight is 466 g/mol. The molecule has 1 atom stereocenters. The minimum Gasteiger partial charge on any atom is -0.374 e. The fraction of sp³-hybridized carbons (Fsp3) is 0.400. The Kier molecular flexibility index (Phi) is 7.17. The minimum atomic E-state index is -0.818. The zero-order valence-corrected chi connectivity index (χ0v) is 19.5. The summed E-state index contributed by atoms with van der Waals surface area (Å²) in [7, 11) is 2.10. The van der Waals surface area contributed by atoms with Gasteiger partial charge in [-0.3, -0.25) is 14.5 Å². The van der Waals surface area contributed by atoms with Gasteiger partial charge in [-0.05, 0) is 67.7 Å². The third-order valence-electron chi connectivity index (χ3n) is 6.46. The monoisotopic (exact) mass is 465 g/mol. The Morgan fingerprint density at radius 2 is 1.88 bits per heavy atom. The predicted molar refractivity (Wildman–Crippen MR) is 129 cm³/mol. The van der Waals surface area contributed by atoms with Gasteiger partial charge in [-0.2, -0.15) is 5.26 Å². The highest BCUT2D eigenvalue weighted by molar-refractivity contribution is 6.40. The molecule has 1 saturated heterocycles. The third-order valence-corrected chi connectivity index (χ3v) is 6.70. The number of benzene rings is 2. The van der Waals surface area contributed by atoms with Gasteiger partial charge in [0.15, 0.2) is 0 Å². The SMILES string of the molecule is CN1CCc2cc([C@H](CNC(=O)C(=O)Nc3cc(Cl)ccc3C#N)N3CCCCC3)ccc21. The summed E-state index contributed by atoms with van der Waals surface area (Å²) in [5.74, 6) is -1.55. The van der Waals surface area contributed by atoms with E-state index in [4.69, 9.17) is 11.6 Å². The lowest BCUT2D eigenvalue weighted by atomic mass is 9.98. The van der Waals surface area contributed by atoms with Gasteiger partial charge in [0.25, 0.3) is 0 Å². The molecule has 2 aliphatic heterocycles. The van der Waals surface area contributed by atoms with Crippen molar-refractivity contribution in [1.82, 2.24) is 10.2 Å². The van der Waals surface area contributed by atoms with Crippen molar-refractivity contribution in [2.75, 3.05) is 43.4 Å². The van der Waals surface area contributed by atoms with Crippen LogP contribution in [-0.4, -0.2) is 49.9 Å². The van der Waals surface area contributed by atoms with Gasteiger partial charge in [-0.1, -0.05) is 30.2 Å². The highest BCUT2D eigenvalue weighted by Crippen LogP contribution is 2.32. The van der Waals surface area contributed by atoms with E-state index >= 15 is 0 Å². The number of anilines is 2. The third kappa shape index (κ3) is 5.29. The molecule has 7 nitrogen and oxygen atoms in total. The van der Waals surface area contributed by atoms with E-state index in [-0.39, 0.29) is 17.3 Å². The van der Waals surface area contributed by atoms with E-state index in [1.165, 1.54) is 29.8 Å². The van der Waals surface area contributed by atoms with Gasteiger partial charge >= 0.3 is 11.8 Å². The summed E-state index contributed by atoms with van der Waals surface area (Å²) in [4.78, 5) is 29.8. The van der Waals surface area contributed by atoms with E-state index in [2.05, 4.69) is 45.7 Å². The first kappa shape index (κ1) is 23.1. The standard InChI is InChI=1S/C25H28ClN5O2/c1-30-12-9-18-13-17(6-8-22(18)30)23(31-10-3-2-4-11-31)16-28-24(32)25(33)29-21-14-20(26)7-5-19(21)15-27/h5-8,13-14,23H,2-4,9-12,16H2,1H3,(H,28,32)(H,29,33)/t23-/m0/s1. The fourth-order valence-electron chi connectivity index (χ4n) is 4.65. The molecule has 0 bridgehead atoms. The van der Waals surface area contributed by atoms with Crippen molar-refractivity contribution in [3.05, 3.63) is 58.1 Å². The molecule has 172 valence electrons. The van der Waals surface area contributed by atoms with Gasteiger partial charge in [-0.15, -0.1) is 0 Å². The fourth-order valence-corrected chi connectivity index (χ4v) is 4.82. The van der Waals surface area contributed by atoms with E-state index in [0.717, 1.165) is 44.5 Å². The van der Waals surface area contributed by atoms with Crippen LogP contribution in [0.3, 0.4) is 0 Å². The second-order valence-corrected chi connectivity index (χ2v) is 9.07. The summed E-state index contributed by atoms with van der Waals surface area (Å²) in [5, 5.41) is 14.9. The predicted octanol–water partition coefficient (Wildman–Crippen LogP) is 3.49. The number of halogens is 1. The molecule has 1 fully saturated rings. The topological polar surface area (TPSA) is 88.5 Å². The molecule has 0 aromatic heterocycles. The van der Waals surface area contributed by atoms with Crippen molar-refractivity contribution in [1.29, 1.82) is 5.26 Å². The molecule has 4 rings (SSSR count). The number of likely N-dealkylation sites (tertiary alicyclic amines) is 1. The molecular formula is C25H28ClN5O2. The molecule has 0 spiro atoms. The second-order valence-electron chi connectivity index (χ2n) is 8.64. The van der Waals surface area contributed by atoms with E-state index in [9.17, 15) is 14.9 Å². The summed E-state index contributed by atoms with van der Waals surface area (Å²) in [6.45, 7) is 3.29. The van der Waals surface area contributed by atoms with E-state index in [1.54, 1.807) is 6.07 Å². The van der Waals surface area contributed by atoms with Crippen LogP contribution in [0.5, 0.6) is 0 Å². The molecule has 2 aromatic rings. The van der Waals surface area contributed by atoms with Gasteiger partial charge < -0.3 is 15.5 Å². The van der Waals surface area contributed by atoms with Crippen LogP contribution < -0.4 is 15.5 Å². The van der Waals surface area contributed by atoms with Crippen LogP contribution in [0.25, 0.3) is 0 Å². The highest BCUT2D eigenvalue weighted by Gasteiger charge is 2.26. The molecule has 33 heavy (non-hydrogen) atoms. The number of likely N-dealkylation sites (N-methyl/N-ethyl adjacent to an activating group) is 1. The molecule has 8 heteroatoms. The Balaban J connectivity index is 1.47. The number of hydrogen-bond acceptors (Lipinski definition) is 5. The van der Waals surface area contributed by atoms with E-state index in [0.29, 0.717) is 11.6 Å². The number of piperidine rings is 1. The summed E-state index contributed by atoms with van der Waals surface area (Å²) >= 11 is 5.97. The molecule has 2 aromatic carbocycles. The number of nitriles is 1. The first-order valence-electron chi connectivity index (χ1n) is 11.3. The number of carbonyl (C=O) groups excluding carboxylic acids is 2. The molecule has 0 unspecified atom stereocenters. The lowest BCUT2D eigenvalue weighted by molar-refractivity contribution is -0.136. The van der Waals surface area contributed by atoms with Crippen molar-refractivity contribution in [3.63, 3.8) is 0 Å². The number of carbonyl (C=O) groups is 2. The number of nitrogens with one attached hydrogen (secondary N) is 2. The average Bonchev–Trinajstić information content (AvgIpc) is 3.20. The van der Waals surface area contributed by atoms with Crippen LogP contribution in [-0.2, 0) is 16.0 Å². The Morgan fingerprint density at radius 3 is 2.64 bits per heavy atom. The molecule has 0 saturated carbocycles. The summed E-state index contributed by atoms with van der Waals surface area (Å²) < 4.78 is 0. The summed E-state index contributed by atoms with van der Waals surface area (Å²) in [5.41, 5.74) is 4.21. The number of rotatable bonds is 5. The van der Waals surface area contributed by atoms with E-state index in [1.807, 2.05) is 6.07 Å². The van der Waals surface area contributed by atoms with E-state index < -0.39 is 11.8 Å². The number of fused-ring (bicyclic) bond motifs is 1. The van der Waals surface area contributed by atoms with Crippen LogP contribution in [0.15, 0.2) is 36.4 Å². The maximum atomic E-state index is 12.6. The van der Waals surface area contributed by atoms with Crippen molar-refractivity contribution in [2.45, 2.75) is 31.7 Å². The minimum absolute atomic E-state index is 0.000838. The first-order valence-corrected chi connectivity index (χ1v) is 11.7. The van der Waals surface area contributed by atoms with Gasteiger partial charge in [-0.25, -0.2) is 0 Å². The molecular weight excluding hydrogens is 438 g/mol. The lowest BCUT2D eigenvalue weighted by Crippen LogP contribution is -2.43. The highest BCUT2D eigenvalue weighted by atomic mass is 35.5. The van der Waals surface area contributed by atoms with Crippen LogP contribution in [0, 0.1) is 11.3 Å². The Bertz CT molecular complexity index is 1090. The molecule has 2 N–H and O–H groups in total. The van der Waals surface area contributed by atoms with Crippen molar-refractivity contribution in [3.8, 4) is 6.07 Å². The van der Waals surface area contributed by atoms with Crippen molar-refractivity contribution < 1.29 is 9.59 Å². The zero-order valence-electron chi connectivity index (χ0n) is 18.7. The molecule has 0 radical (unpaired) electrons. The number of amides is 2. The summed E-state index contributed by atoms with van der Waals surface area (Å²) in [6, 6.07) is 13.1. The summed E-state index contributed by atoms with van der Waals surface area (Å²) in [6.07, 6.45) is 4.49. The van der Waals surface area contributed by atoms with Crippen molar-refractivity contribution in [2.24, 2.45) is 0 Å². The van der Waals surface area contributed by atoms with Gasteiger partial charge in [0.05, 0.1) is 17.3 Å². The van der Waals surface area contributed by atoms with Crippen LogP contribution in [0.4, 0.5) is 11.4 Å².